The van der Waals surface area contributed by atoms with Crippen LogP contribution < -0.4 is 5.73 Å². The highest BCUT2D eigenvalue weighted by Gasteiger charge is 2.33. The number of ether oxygens (including phenoxy) is 1. The van der Waals surface area contributed by atoms with Crippen molar-refractivity contribution >= 4 is 0 Å². The van der Waals surface area contributed by atoms with Crippen molar-refractivity contribution in [3.63, 3.8) is 0 Å². The van der Waals surface area contributed by atoms with Gasteiger partial charge in [-0.05, 0) is 43.7 Å². The molecule has 2 rings (SSSR count). The zero-order valence-corrected chi connectivity index (χ0v) is 12.0. The van der Waals surface area contributed by atoms with E-state index in [0.717, 1.165) is 19.4 Å². The standard InChI is InChI=1S/C16H24FNO2/c1-2-20-12-7-11(8-12)9-16(19)14(10-18)13-5-3-4-6-15(13)17/h3-6,11-12,14,16,19H,2,7-10,18H2,1H3. The van der Waals surface area contributed by atoms with Gasteiger partial charge in [0.25, 0.3) is 0 Å². The fraction of sp³-hybridized carbons (Fsp3) is 0.625. The van der Waals surface area contributed by atoms with E-state index in [9.17, 15) is 9.50 Å². The summed E-state index contributed by atoms with van der Waals surface area (Å²) in [5, 5.41) is 10.4. The van der Waals surface area contributed by atoms with E-state index >= 15 is 0 Å². The molecule has 0 radical (unpaired) electrons. The highest BCUT2D eigenvalue weighted by Crippen LogP contribution is 2.36. The van der Waals surface area contributed by atoms with E-state index in [1.54, 1.807) is 18.2 Å². The maximum absolute atomic E-state index is 13.8. The second kappa shape index (κ2) is 7.16. The first kappa shape index (κ1) is 15.4. The van der Waals surface area contributed by atoms with Crippen molar-refractivity contribution in [1.82, 2.24) is 0 Å². The van der Waals surface area contributed by atoms with Crippen LogP contribution in [0.2, 0.25) is 0 Å². The Morgan fingerprint density at radius 3 is 2.70 bits per heavy atom. The van der Waals surface area contributed by atoms with Crippen molar-refractivity contribution in [3.05, 3.63) is 35.6 Å². The van der Waals surface area contributed by atoms with Crippen LogP contribution in [-0.2, 0) is 4.74 Å². The molecule has 0 bridgehead atoms. The second-order valence-electron chi connectivity index (χ2n) is 5.58. The van der Waals surface area contributed by atoms with E-state index < -0.39 is 6.10 Å². The molecule has 0 amide bonds. The number of hydrogen-bond acceptors (Lipinski definition) is 3. The minimum absolute atomic E-state index is 0.254. The van der Waals surface area contributed by atoms with Crippen LogP contribution >= 0.6 is 0 Å². The zero-order chi connectivity index (χ0) is 14.5. The number of aliphatic hydroxyl groups is 1. The molecule has 2 unspecified atom stereocenters. The first-order valence-electron chi connectivity index (χ1n) is 7.39. The lowest BCUT2D eigenvalue weighted by molar-refractivity contribution is -0.0399. The van der Waals surface area contributed by atoms with Crippen LogP contribution in [0.5, 0.6) is 0 Å². The van der Waals surface area contributed by atoms with Gasteiger partial charge in [0.05, 0.1) is 12.2 Å². The molecule has 1 saturated carbocycles. The Balaban J connectivity index is 1.90. The van der Waals surface area contributed by atoms with E-state index in [4.69, 9.17) is 10.5 Å². The Morgan fingerprint density at radius 2 is 2.10 bits per heavy atom. The Hall–Kier alpha value is -0.970. The van der Waals surface area contributed by atoms with Crippen molar-refractivity contribution in [3.8, 4) is 0 Å². The van der Waals surface area contributed by atoms with Gasteiger partial charge in [-0.15, -0.1) is 0 Å². The van der Waals surface area contributed by atoms with Crippen LogP contribution in [0.15, 0.2) is 24.3 Å². The van der Waals surface area contributed by atoms with Gasteiger partial charge in [-0.1, -0.05) is 18.2 Å². The SMILES string of the molecule is CCOC1CC(CC(O)C(CN)c2ccccc2F)C1. The summed E-state index contributed by atoms with van der Waals surface area (Å²) in [5.74, 6) is -0.160. The van der Waals surface area contributed by atoms with E-state index in [-0.39, 0.29) is 18.3 Å². The van der Waals surface area contributed by atoms with Crippen LogP contribution in [-0.4, -0.2) is 30.5 Å². The van der Waals surface area contributed by atoms with Crippen molar-refractivity contribution in [2.45, 2.75) is 44.3 Å². The van der Waals surface area contributed by atoms with Gasteiger partial charge in [-0.25, -0.2) is 4.39 Å². The second-order valence-corrected chi connectivity index (χ2v) is 5.58. The highest BCUT2D eigenvalue weighted by atomic mass is 19.1. The average Bonchev–Trinajstić information content (AvgIpc) is 2.39. The lowest BCUT2D eigenvalue weighted by atomic mass is 9.76. The fourth-order valence-electron chi connectivity index (χ4n) is 3.01. The Morgan fingerprint density at radius 1 is 1.40 bits per heavy atom. The van der Waals surface area contributed by atoms with Crippen LogP contribution in [0.4, 0.5) is 4.39 Å². The first-order valence-corrected chi connectivity index (χ1v) is 7.39. The molecule has 3 N–H and O–H groups in total. The maximum atomic E-state index is 13.8. The molecule has 1 aliphatic rings. The van der Waals surface area contributed by atoms with E-state index in [1.807, 2.05) is 6.92 Å². The fourth-order valence-corrected chi connectivity index (χ4v) is 3.01. The third kappa shape index (κ3) is 3.57. The maximum Gasteiger partial charge on any atom is 0.126 e. The molecule has 1 aliphatic carbocycles. The summed E-state index contributed by atoms with van der Waals surface area (Å²) in [5.41, 5.74) is 6.25. The van der Waals surface area contributed by atoms with Crippen LogP contribution in [0.25, 0.3) is 0 Å². The monoisotopic (exact) mass is 281 g/mol. The van der Waals surface area contributed by atoms with Gasteiger partial charge in [-0.3, -0.25) is 0 Å². The Labute approximate surface area is 119 Å². The predicted octanol–water partition coefficient (Wildman–Crippen LogP) is 2.43. The van der Waals surface area contributed by atoms with Crippen LogP contribution in [0, 0.1) is 11.7 Å². The van der Waals surface area contributed by atoms with Crippen molar-refractivity contribution < 1.29 is 14.2 Å². The summed E-state index contributed by atoms with van der Waals surface area (Å²) < 4.78 is 19.3. The third-order valence-corrected chi connectivity index (χ3v) is 4.19. The quantitative estimate of drug-likeness (QED) is 0.807. The van der Waals surface area contributed by atoms with Crippen LogP contribution in [0.1, 0.15) is 37.7 Å². The van der Waals surface area contributed by atoms with Crippen molar-refractivity contribution in [2.75, 3.05) is 13.2 Å². The molecule has 2 atom stereocenters. The summed E-state index contributed by atoms with van der Waals surface area (Å²) >= 11 is 0. The minimum atomic E-state index is -0.593. The molecule has 4 heteroatoms. The lowest BCUT2D eigenvalue weighted by Crippen LogP contribution is -2.36. The number of halogens is 1. The lowest BCUT2D eigenvalue weighted by Gasteiger charge is -2.37. The minimum Gasteiger partial charge on any atom is -0.392 e. The molecule has 1 aromatic rings. The summed E-state index contributed by atoms with van der Waals surface area (Å²) in [6, 6.07) is 6.55. The number of nitrogens with two attached hydrogens (primary N) is 1. The topological polar surface area (TPSA) is 55.5 Å². The van der Waals surface area contributed by atoms with Gasteiger partial charge < -0.3 is 15.6 Å². The molecule has 1 fully saturated rings. The summed E-state index contributed by atoms with van der Waals surface area (Å²) in [7, 11) is 0. The van der Waals surface area contributed by atoms with Gasteiger partial charge in [0.15, 0.2) is 0 Å². The van der Waals surface area contributed by atoms with Crippen molar-refractivity contribution in [1.29, 1.82) is 0 Å². The highest BCUT2D eigenvalue weighted by molar-refractivity contribution is 5.23. The smallest absolute Gasteiger partial charge is 0.126 e. The first-order chi connectivity index (χ1) is 9.65. The number of benzene rings is 1. The molecule has 0 saturated heterocycles. The van der Waals surface area contributed by atoms with Gasteiger partial charge in [0, 0.05) is 19.1 Å². The molecular weight excluding hydrogens is 257 g/mol. The van der Waals surface area contributed by atoms with Gasteiger partial charge in [-0.2, -0.15) is 0 Å². The number of rotatable bonds is 7. The van der Waals surface area contributed by atoms with Gasteiger partial charge >= 0.3 is 0 Å². The molecule has 20 heavy (non-hydrogen) atoms. The number of hydrogen-bond donors (Lipinski definition) is 2. The molecule has 112 valence electrons. The van der Waals surface area contributed by atoms with Crippen molar-refractivity contribution in [2.24, 2.45) is 11.7 Å². The Kier molecular flexibility index (Phi) is 5.52. The van der Waals surface area contributed by atoms with Crippen LogP contribution in [0.3, 0.4) is 0 Å². The normalized spacial score (nSPS) is 25.0. The molecule has 0 aliphatic heterocycles. The summed E-state index contributed by atoms with van der Waals surface area (Å²) in [6.07, 6.45) is 2.38. The summed E-state index contributed by atoms with van der Waals surface area (Å²) in [6.45, 7) is 2.98. The molecule has 0 heterocycles. The summed E-state index contributed by atoms with van der Waals surface area (Å²) in [4.78, 5) is 0. The zero-order valence-electron chi connectivity index (χ0n) is 12.0. The van der Waals surface area contributed by atoms with E-state index in [1.165, 1.54) is 6.07 Å². The molecule has 1 aromatic carbocycles. The molecule has 0 aromatic heterocycles. The van der Waals surface area contributed by atoms with Gasteiger partial charge in [0.2, 0.25) is 0 Å². The Bertz CT molecular complexity index is 421. The van der Waals surface area contributed by atoms with E-state index in [2.05, 4.69) is 0 Å². The van der Waals surface area contributed by atoms with Gasteiger partial charge in [0.1, 0.15) is 5.82 Å². The molecule has 0 spiro atoms. The molecular formula is C16H24FNO2. The average molecular weight is 281 g/mol. The van der Waals surface area contributed by atoms with E-state index in [0.29, 0.717) is 24.0 Å². The largest absolute Gasteiger partial charge is 0.392 e. The molecule has 3 nitrogen and oxygen atoms in total. The number of aliphatic hydroxyl groups excluding tert-OH is 1. The third-order valence-electron chi connectivity index (χ3n) is 4.19. The predicted molar refractivity (Wildman–Crippen MR) is 77.0 cm³/mol.